The van der Waals surface area contributed by atoms with Gasteiger partial charge in [-0.3, -0.25) is 9.36 Å². The lowest BCUT2D eigenvalue weighted by molar-refractivity contribution is 0.102. The average molecular weight is 366 g/mol. The fourth-order valence-electron chi connectivity index (χ4n) is 2.73. The van der Waals surface area contributed by atoms with Gasteiger partial charge in [-0.2, -0.15) is 0 Å². The zero-order valence-corrected chi connectivity index (χ0v) is 14.2. The third-order valence-electron chi connectivity index (χ3n) is 4.06. The summed E-state index contributed by atoms with van der Waals surface area (Å²) in [5, 5.41) is 2.50. The van der Waals surface area contributed by atoms with Crippen LogP contribution in [0.15, 0.2) is 73.1 Å². The number of rotatable bonds is 3. The summed E-state index contributed by atoms with van der Waals surface area (Å²) >= 11 is 5.73. The SMILES string of the molecule is O=C(Nc1cccc(Cl)c1F)c1ccc(-n2cnc3ccccc32)cc1. The number of hydrogen-bond donors (Lipinski definition) is 1. The van der Waals surface area contributed by atoms with Crippen LogP contribution in [0.1, 0.15) is 10.4 Å². The molecular weight excluding hydrogens is 353 g/mol. The monoisotopic (exact) mass is 365 g/mol. The molecule has 4 rings (SSSR count). The molecule has 0 atom stereocenters. The summed E-state index contributed by atoms with van der Waals surface area (Å²) in [5.41, 5.74) is 3.21. The van der Waals surface area contributed by atoms with E-state index in [1.165, 1.54) is 12.1 Å². The maximum absolute atomic E-state index is 13.9. The molecular formula is C20H13ClFN3O. The number of aromatic nitrogens is 2. The summed E-state index contributed by atoms with van der Waals surface area (Å²) in [6, 6.07) is 19.3. The van der Waals surface area contributed by atoms with E-state index in [-0.39, 0.29) is 10.7 Å². The summed E-state index contributed by atoms with van der Waals surface area (Å²) in [5.74, 6) is -1.06. The van der Waals surface area contributed by atoms with Gasteiger partial charge in [0, 0.05) is 11.3 Å². The van der Waals surface area contributed by atoms with Crippen molar-refractivity contribution in [1.82, 2.24) is 9.55 Å². The Labute approximate surface area is 153 Å². The molecule has 0 aliphatic heterocycles. The summed E-state index contributed by atoms with van der Waals surface area (Å²) in [4.78, 5) is 16.7. The van der Waals surface area contributed by atoms with Gasteiger partial charge in [0.1, 0.15) is 6.33 Å². The maximum Gasteiger partial charge on any atom is 0.255 e. The van der Waals surface area contributed by atoms with Crippen LogP contribution in [0.3, 0.4) is 0 Å². The van der Waals surface area contributed by atoms with Crippen molar-refractivity contribution in [2.75, 3.05) is 5.32 Å². The Bertz CT molecular complexity index is 1110. The van der Waals surface area contributed by atoms with Crippen molar-refractivity contribution < 1.29 is 9.18 Å². The number of nitrogens with one attached hydrogen (secondary N) is 1. The van der Waals surface area contributed by atoms with Gasteiger partial charge in [-0.15, -0.1) is 0 Å². The molecule has 4 aromatic rings. The Hall–Kier alpha value is -3.18. The van der Waals surface area contributed by atoms with Gasteiger partial charge in [-0.05, 0) is 48.5 Å². The van der Waals surface area contributed by atoms with Crippen molar-refractivity contribution in [2.24, 2.45) is 0 Å². The molecule has 1 heterocycles. The van der Waals surface area contributed by atoms with Crippen LogP contribution in [0.2, 0.25) is 5.02 Å². The van der Waals surface area contributed by atoms with Gasteiger partial charge in [-0.25, -0.2) is 9.37 Å². The topological polar surface area (TPSA) is 46.9 Å². The molecule has 0 fully saturated rings. The standard InChI is InChI=1S/C20H13ClFN3O/c21-15-4-3-6-17(19(15)22)24-20(26)13-8-10-14(11-9-13)25-12-23-16-5-1-2-7-18(16)25/h1-12H,(H,24,26). The number of benzene rings is 3. The van der Waals surface area contributed by atoms with Crippen molar-refractivity contribution in [3.05, 3.63) is 89.5 Å². The fraction of sp³-hybridized carbons (Fsp3) is 0. The van der Waals surface area contributed by atoms with E-state index >= 15 is 0 Å². The number of amides is 1. The number of anilines is 1. The molecule has 4 nitrogen and oxygen atoms in total. The van der Waals surface area contributed by atoms with Crippen molar-refractivity contribution in [3.8, 4) is 5.69 Å². The van der Waals surface area contributed by atoms with Crippen molar-refractivity contribution in [3.63, 3.8) is 0 Å². The van der Waals surface area contributed by atoms with Crippen molar-refractivity contribution in [2.45, 2.75) is 0 Å². The summed E-state index contributed by atoms with van der Waals surface area (Å²) in [7, 11) is 0. The number of para-hydroxylation sites is 2. The fourth-order valence-corrected chi connectivity index (χ4v) is 2.91. The van der Waals surface area contributed by atoms with E-state index in [0.717, 1.165) is 16.7 Å². The number of nitrogens with zero attached hydrogens (tertiary/aromatic N) is 2. The van der Waals surface area contributed by atoms with E-state index in [2.05, 4.69) is 10.3 Å². The number of imidazole rings is 1. The molecule has 0 unspecified atom stereocenters. The molecule has 6 heteroatoms. The van der Waals surface area contributed by atoms with E-state index in [1.54, 1.807) is 24.5 Å². The van der Waals surface area contributed by atoms with Gasteiger partial charge >= 0.3 is 0 Å². The molecule has 1 N–H and O–H groups in total. The Morgan fingerprint density at radius 2 is 1.77 bits per heavy atom. The van der Waals surface area contributed by atoms with Crippen LogP contribution in [0.4, 0.5) is 10.1 Å². The Kier molecular flexibility index (Phi) is 4.14. The quantitative estimate of drug-likeness (QED) is 0.551. The predicted octanol–water partition coefficient (Wildman–Crippen LogP) is 5.07. The van der Waals surface area contributed by atoms with Gasteiger partial charge in [0.25, 0.3) is 5.91 Å². The third-order valence-corrected chi connectivity index (χ3v) is 4.35. The highest BCUT2D eigenvalue weighted by Gasteiger charge is 2.12. The van der Waals surface area contributed by atoms with Crippen LogP contribution in [0, 0.1) is 5.82 Å². The number of hydrogen-bond acceptors (Lipinski definition) is 2. The first kappa shape index (κ1) is 16.3. The zero-order valence-electron chi connectivity index (χ0n) is 13.5. The summed E-state index contributed by atoms with van der Waals surface area (Å²) < 4.78 is 15.9. The van der Waals surface area contributed by atoms with E-state index in [9.17, 15) is 9.18 Å². The lowest BCUT2D eigenvalue weighted by Crippen LogP contribution is -2.13. The molecule has 0 aliphatic rings. The summed E-state index contributed by atoms with van der Waals surface area (Å²) in [6.45, 7) is 0. The highest BCUT2D eigenvalue weighted by molar-refractivity contribution is 6.31. The molecule has 0 spiro atoms. The third kappa shape index (κ3) is 2.93. The van der Waals surface area contributed by atoms with E-state index in [1.807, 2.05) is 41.0 Å². The first-order valence-corrected chi connectivity index (χ1v) is 8.29. The number of fused-ring (bicyclic) bond motifs is 1. The van der Waals surface area contributed by atoms with Gasteiger partial charge in [0.15, 0.2) is 5.82 Å². The van der Waals surface area contributed by atoms with Gasteiger partial charge in [-0.1, -0.05) is 29.8 Å². The highest BCUT2D eigenvalue weighted by atomic mass is 35.5. The molecule has 0 radical (unpaired) electrons. The van der Waals surface area contributed by atoms with Gasteiger partial charge in [0.05, 0.1) is 21.7 Å². The molecule has 0 saturated heterocycles. The van der Waals surface area contributed by atoms with E-state index in [0.29, 0.717) is 5.56 Å². The second-order valence-electron chi connectivity index (χ2n) is 5.71. The molecule has 0 aliphatic carbocycles. The molecule has 1 aromatic heterocycles. The van der Waals surface area contributed by atoms with Crippen LogP contribution in [-0.2, 0) is 0 Å². The lowest BCUT2D eigenvalue weighted by Gasteiger charge is -2.09. The molecule has 1 amide bonds. The van der Waals surface area contributed by atoms with Gasteiger partial charge in [0.2, 0.25) is 0 Å². The molecule has 3 aromatic carbocycles. The minimum absolute atomic E-state index is 0.0369. The van der Waals surface area contributed by atoms with Crippen molar-refractivity contribution in [1.29, 1.82) is 0 Å². The van der Waals surface area contributed by atoms with Crippen LogP contribution in [0.25, 0.3) is 16.7 Å². The minimum atomic E-state index is -0.649. The Balaban J connectivity index is 1.59. The smallest absolute Gasteiger partial charge is 0.255 e. The molecule has 0 bridgehead atoms. The van der Waals surface area contributed by atoms with Crippen LogP contribution < -0.4 is 5.32 Å². The van der Waals surface area contributed by atoms with Crippen molar-refractivity contribution >= 4 is 34.2 Å². The lowest BCUT2D eigenvalue weighted by atomic mass is 10.2. The van der Waals surface area contributed by atoms with E-state index in [4.69, 9.17) is 11.6 Å². The summed E-state index contributed by atoms with van der Waals surface area (Å²) in [6.07, 6.45) is 1.74. The Morgan fingerprint density at radius 3 is 2.58 bits per heavy atom. The molecule has 0 saturated carbocycles. The second kappa shape index (κ2) is 6.61. The van der Waals surface area contributed by atoms with E-state index < -0.39 is 11.7 Å². The van der Waals surface area contributed by atoms with Crippen LogP contribution >= 0.6 is 11.6 Å². The molecule has 128 valence electrons. The van der Waals surface area contributed by atoms with Crippen LogP contribution in [-0.4, -0.2) is 15.5 Å². The highest BCUT2D eigenvalue weighted by Crippen LogP contribution is 2.23. The minimum Gasteiger partial charge on any atom is -0.319 e. The number of halogens is 2. The number of carbonyl (C=O) groups is 1. The van der Waals surface area contributed by atoms with Gasteiger partial charge < -0.3 is 5.32 Å². The first-order valence-electron chi connectivity index (χ1n) is 7.91. The first-order chi connectivity index (χ1) is 12.6. The van der Waals surface area contributed by atoms with Crippen LogP contribution in [0.5, 0.6) is 0 Å². The Morgan fingerprint density at radius 1 is 1.00 bits per heavy atom. The largest absolute Gasteiger partial charge is 0.319 e. The maximum atomic E-state index is 13.9. The number of carbonyl (C=O) groups excluding carboxylic acids is 1. The normalized spacial score (nSPS) is 10.8. The second-order valence-corrected chi connectivity index (χ2v) is 6.11. The molecule has 26 heavy (non-hydrogen) atoms. The predicted molar refractivity (Wildman–Crippen MR) is 100 cm³/mol. The zero-order chi connectivity index (χ0) is 18.1. The average Bonchev–Trinajstić information content (AvgIpc) is 3.10.